The maximum Gasteiger partial charge on any atom is 0.272 e. The number of aliphatic hydroxyl groups excluding tert-OH is 1. The van der Waals surface area contributed by atoms with E-state index in [9.17, 15) is 4.79 Å². The fourth-order valence-electron chi connectivity index (χ4n) is 1.03. The van der Waals surface area contributed by atoms with Gasteiger partial charge in [-0.2, -0.15) is 8.75 Å². The number of hydrogen-bond acceptors (Lipinski definition) is 5. The summed E-state index contributed by atoms with van der Waals surface area (Å²) in [7, 11) is 0. The molecule has 0 fully saturated rings. The highest BCUT2D eigenvalue weighted by atomic mass is 32.1. The van der Waals surface area contributed by atoms with Crippen molar-refractivity contribution in [3.63, 3.8) is 0 Å². The Hall–Kier alpha value is -1.01. The van der Waals surface area contributed by atoms with Crippen molar-refractivity contribution in [3.05, 3.63) is 11.9 Å². The summed E-state index contributed by atoms with van der Waals surface area (Å²) >= 11 is 1.01. The fourth-order valence-corrected chi connectivity index (χ4v) is 1.44. The average Bonchev–Trinajstić information content (AvgIpc) is 2.67. The smallest absolute Gasteiger partial charge is 0.272 e. The van der Waals surface area contributed by atoms with Crippen LogP contribution in [0.25, 0.3) is 0 Å². The standard InChI is InChI=1S/C8H13N3O2S/c1-6(3-2-4-12)10-8(13)7-5-9-14-11-7/h5-6,12H,2-4H2,1H3,(H,10,13)/t6-/m1/s1. The third kappa shape index (κ3) is 3.39. The van der Waals surface area contributed by atoms with E-state index >= 15 is 0 Å². The second-order valence-electron chi connectivity index (χ2n) is 3.03. The topological polar surface area (TPSA) is 75.1 Å². The van der Waals surface area contributed by atoms with E-state index in [1.54, 1.807) is 0 Å². The Bertz CT molecular complexity index is 276. The van der Waals surface area contributed by atoms with Gasteiger partial charge in [-0.15, -0.1) is 0 Å². The molecule has 2 N–H and O–H groups in total. The van der Waals surface area contributed by atoms with Crippen molar-refractivity contribution in [2.24, 2.45) is 0 Å². The predicted octanol–water partition coefficient (Wildman–Crippen LogP) is 0.429. The van der Waals surface area contributed by atoms with E-state index in [-0.39, 0.29) is 18.6 Å². The van der Waals surface area contributed by atoms with Gasteiger partial charge in [0.15, 0.2) is 5.69 Å². The van der Waals surface area contributed by atoms with E-state index in [0.29, 0.717) is 12.1 Å². The summed E-state index contributed by atoms with van der Waals surface area (Å²) in [6, 6.07) is 0.0522. The van der Waals surface area contributed by atoms with Crippen molar-refractivity contribution in [1.82, 2.24) is 14.1 Å². The predicted molar refractivity (Wildman–Crippen MR) is 53.2 cm³/mol. The minimum absolute atomic E-state index is 0.0522. The van der Waals surface area contributed by atoms with Crippen LogP contribution in [0.3, 0.4) is 0 Å². The second kappa shape index (κ2) is 5.66. The van der Waals surface area contributed by atoms with Gasteiger partial charge in [0.1, 0.15) is 0 Å². The van der Waals surface area contributed by atoms with Crippen LogP contribution in [0, 0.1) is 0 Å². The van der Waals surface area contributed by atoms with E-state index < -0.39 is 0 Å². The first-order valence-corrected chi connectivity index (χ1v) is 5.16. The fraction of sp³-hybridized carbons (Fsp3) is 0.625. The van der Waals surface area contributed by atoms with Gasteiger partial charge in [0, 0.05) is 12.6 Å². The number of nitrogens with zero attached hydrogens (tertiary/aromatic N) is 2. The van der Waals surface area contributed by atoms with Crippen LogP contribution in [-0.4, -0.2) is 32.4 Å². The third-order valence-electron chi connectivity index (χ3n) is 1.77. The van der Waals surface area contributed by atoms with E-state index in [0.717, 1.165) is 18.1 Å². The number of amides is 1. The van der Waals surface area contributed by atoms with Gasteiger partial charge >= 0.3 is 0 Å². The Morgan fingerprint density at radius 3 is 3.14 bits per heavy atom. The molecule has 0 saturated heterocycles. The lowest BCUT2D eigenvalue weighted by atomic mass is 10.2. The quantitative estimate of drug-likeness (QED) is 0.747. The molecule has 0 unspecified atom stereocenters. The monoisotopic (exact) mass is 215 g/mol. The molecule has 0 aliphatic carbocycles. The van der Waals surface area contributed by atoms with Crippen LogP contribution >= 0.6 is 11.7 Å². The van der Waals surface area contributed by atoms with Crippen molar-refractivity contribution in [2.75, 3.05) is 6.61 Å². The number of carbonyl (C=O) groups is 1. The largest absolute Gasteiger partial charge is 0.396 e. The zero-order chi connectivity index (χ0) is 10.4. The Morgan fingerprint density at radius 2 is 2.57 bits per heavy atom. The first-order chi connectivity index (χ1) is 6.74. The van der Waals surface area contributed by atoms with Crippen molar-refractivity contribution in [1.29, 1.82) is 0 Å². The zero-order valence-corrected chi connectivity index (χ0v) is 8.75. The summed E-state index contributed by atoms with van der Waals surface area (Å²) in [5.41, 5.74) is 0.353. The summed E-state index contributed by atoms with van der Waals surface area (Å²) in [6.07, 6.45) is 2.90. The maximum atomic E-state index is 11.4. The van der Waals surface area contributed by atoms with E-state index in [1.807, 2.05) is 6.92 Å². The van der Waals surface area contributed by atoms with Crippen molar-refractivity contribution >= 4 is 17.6 Å². The Kier molecular flexibility index (Phi) is 4.48. The van der Waals surface area contributed by atoms with Gasteiger partial charge < -0.3 is 10.4 Å². The lowest BCUT2D eigenvalue weighted by molar-refractivity contribution is 0.0932. The molecule has 78 valence electrons. The van der Waals surface area contributed by atoms with Crippen LogP contribution < -0.4 is 5.32 Å². The number of aromatic nitrogens is 2. The number of hydrogen-bond donors (Lipinski definition) is 2. The first kappa shape index (κ1) is 11.1. The summed E-state index contributed by atoms with van der Waals surface area (Å²) in [4.78, 5) is 11.4. The number of nitrogens with one attached hydrogen (secondary N) is 1. The highest BCUT2D eigenvalue weighted by Gasteiger charge is 2.11. The number of aliphatic hydroxyl groups is 1. The molecule has 0 aromatic carbocycles. The molecule has 1 rings (SSSR count). The van der Waals surface area contributed by atoms with Crippen LogP contribution in [-0.2, 0) is 0 Å². The molecule has 6 heteroatoms. The van der Waals surface area contributed by atoms with Gasteiger partial charge in [0.2, 0.25) is 0 Å². The molecule has 0 saturated carbocycles. The minimum atomic E-state index is -0.204. The second-order valence-corrected chi connectivity index (χ2v) is 3.59. The average molecular weight is 215 g/mol. The SMILES string of the molecule is C[C@H](CCCO)NC(=O)c1cnsn1. The molecule has 1 aromatic heterocycles. The maximum absolute atomic E-state index is 11.4. The Labute approximate surface area is 86.5 Å². The lowest BCUT2D eigenvalue weighted by Crippen LogP contribution is -2.32. The van der Waals surface area contributed by atoms with Crippen LogP contribution in [0.1, 0.15) is 30.3 Å². The first-order valence-electron chi connectivity index (χ1n) is 4.43. The molecule has 0 aliphatic rings. The molecule has 0 spiro atoms. The van der Waals surface area contributed by atoms with Crippen molar-refractivity contribution < 1.29 is 9.90 Å². The molecule has 1 atom stereocenters. The number of carbonyl (C=O) groups excluding carboxylic acids is 1. The van der Waals surface area contributed by atoms with Crippen LogP contribution in [0.5, 0.6) is 0 Å². The number of rotatable bonds is 5. The van der Waals surface area contributed by atoms with Crippen LogP contribution in [0.15, 0.2) is 6.20 Å². The lowest BCUT2D eigenvalue weighted by Gasteiger charge is -2.11. The minimum Gasteiger partial charge on any atom is -0.396 e. The highest BCUT2D eigenvalue weighted by molar-refractivity contribution is 6.99. The van der Waals surface area contributed by atoms with Crippen molar-refractivity contribution in [3.8, 4) is 0 Å². The molecule has 5 nitrogen and oxygen atoms in total. The third-order valence-corrected chi connectivity index (χ3v) is 2.24. The molecular weight excluding hydrogens is 202 g/mol. The van der Waals surface area contributed by atoms with Gasteiger partial charge in [-0.3, -0.25) is 4.79 Å². The normalized spacial score (nSPS) is 12.4. The molecule has 0 radical (unpaired) electrons. The molecule has 14 heavy (non-hydrogen) atoms. The van der Waals surface area contributed by atoms with Crippen LogP contribution in [0.4, 0.5) is 0 Å². The van der Waals surface area contributed by atoms with Gasteiger partial charge in [-0.1, -0.05) is 0 Å². The van der Waals surface area contributed by atoms with Gasteiger partial charge in [0.25, 0.3) is 5.91 Å². The molecular formula is C8H13N3O2S. The molecule has 1 heterocycles. The molecule has 0 aliphatic heterocycles. The molecule has 1 amide bonds. The summed E-state index contributed by atoms with van der Waals surface area (Å²) in [5, 5.41) is 11.4. The zero-order valence-electron chi connectivity index (χ0n) is 7.93. The molecule has 1 aromatic rings. The highest BCUT2D eigenvalue weighted by Crippen LogP contribution is 1.99. The van der Waals surface area contributed by atoms with Gasteiger partial charge in [0.05, 0.1) is 17.9 Å². The van der Waals surface area contributed by atoms with Crippen LogP contribution in [0.2, 0.25) is 0 Å². The van der Waals surface area contributed by atoms with Gasteiger partial charge in [-0.25, -0.2) is 0 Å². The Morgan fingerprint density at radius 1 is 1.79 bits per heavy atom. The summed E-state index contributed by atoms with van der Waals surface area (Å²) in [6.45, 7) is 2.05. The van der Waals surface area contributed by atoms with Crippen molar-refractivity contribution in [2.45, 2.75) is 25.8 Å². The summed E-state index contributed by atoms with van der Waals surface area (Å²) in [5.74, 6) is -0.204. The summed E-state index contributed by atoms with van der Waals surface area (Å²) < 4.78 is 7.56. The van der Waals surface area contributed by atoms with E-state index in [2.05, 4.69) is 14.1 Å². The van der Waals surface area contributed by atoms with Gasteiger partial charge in [-0.05, 0) is 19.8 Å². The van der Waals surface area contributed by atoms with E-state index in [4.69, 9.17) is 5.11 Å². The van der Waals surface area contributed by atoms with E-state index in [1.165, 1.54) is 6.20 Å². The Balaban J connectivity index is 2.34. The molecule has 0 bridgehead atoms.